The van der Waals surface area contributed by atoms with Crippen LogP contribution in [-0.4, -0.2) is 18.9 Å². The molecule has 0 unspecified atom stereocenters. The van der Waals surface area contributed by atoms with E-state index in [1.807, 2.05) is 0 Å². The molecule has 0 spiro atoms. The molecule has 15 heavy (non-hydrogen) atoms. The summed E-state index contributed by atoms with van der Waals surface area (Å²) in [5.74, 6) is 0.116. The van der Waals surface area contributed by atoms with Gasteiger partial charge in [0.05, 0.1) is 12.5 Å². The van der Waals surface area contributed by atoms with Crippen molar-refractivity contribution in [1.29, 1.82) is 0 Å². The third kappa shape index (κ3) is 4.96. The van der Waals surface area contributed by atoms with E-state index < -0.39 is 0 Å². The lowest BCUT2D eigenvalue weighted by Crippen LogP contribution is -2.20. The van der Waals surface area contributed by atoms with Crippen LogP contribution < -0.4 is 0 Å². The van der Waals surface area contributed by atoms with Gasteiger partial charge in [0.15, 0.2) is 0 Å². The molecule has 0 amide bonds. The number of unbranched alkanes of at least 4 members (excludes halogenated alkanes) is 2. The van der Waals surface area contributed by atoms with Gasteiger partial charge in [0.2, 0.25) is 0 Å². The Bertz CT molecular complexity index is 195. The van der Waals surface area contributed by atoms with Gasteiger partial charge >= 0.3 is 5.97 Å². The highest BCUT2D eigenvalue weighted by Crippen LogP contribution is 2.24. The Morgan fingerprint density at radius 1 is 1.20 bits per heavy atom. The number of esters is 1. The highest BCUT2D eigenvalue weighted by molar-refractivity contribution is 5.72. The van der Waals surface area contributed by atoms with Crippen LogP contribution >= 0.6 is 0 Å². The average Bonchev–Trinajstić information content (AvgIpc) is 2.30. The number of carbonyl (C=O) groups excluding carboxylic acids is 2. The van der Waals surface area contributed by atoms with Crippen LogP contribution in [0.1, 0.15) is 51.4 Å². The molecule has 0 atom stereocenters. The van der Waals surface area contributed by atoms with Crippen molar-refractivity contribution in [3.05, 3.63) is 0 Å². The van der Waals surface area contributed by atoms with Crippen LogP contribution in [0.25, 0.3) is 0 Å². The molecule has 1 aliphatic carbocycles. The standard InChI is InChI=1S/C12H20O3/c13-9-5-2-6-10-15-12(14)11-7-3-1-4-8-11/h9,11H,1-8,10H2. The summed E-state index contributed by atoms with van der Waals surface area (Å²) in [4.78, 5) is 21.6. The number of hydrogen-bond donors (Lipinski definition) is 0. The SMILES string of the molecule is O=CCCCCOC(=O)C1CCCCC1. The molecule has 3 nitrogen and oxygen atoms in total. The third-order valence-electron chi connectivity index (χ3n) is 2.90. The van der Waals surface area contributed by atoms with Crippen LogP contribution in [0.2, 0.25) is 0 Å². The lowest BCUT2D eigenvalue weighted by atomic mass is 9.89. The highest BCUT2D eigenvalue weighted by Gasteiger charge is 2.21. The molecule has 3 heteroatoms. The summed E-state index contributed by atoms with van der Waals surface area (Å²) in [7, 11) is 0. The van der Waals surface area contributed by atoms with Gasteiger partial charge in [-0.15, -0.1) is 0 Å². The number of aldehydes is 1. The fourth-order valence-corrected chi connectivity index (χ4v) is 1.96. The molecule has 1 saturated carbocycles. The lowest BCUT2D eigenvalue weighted by molar-refractivity contribution is -0.149. The molecular weight excluding hydrogens is 192 g/mol. The Labute approximate surface area is 91.2 Å². The van der Waals surface area contributed by atoms with Crippen molar-refractivity contribution < 1.29 is 14.3 Å². The first-order chi connectivity index (χ1) is 7.34. The molecule has 0 saturated heterocycles. The van der Waals surface area contributed by atoms with Crippen LogP contribution in [0.4, 0.5) is 0 Å². The smallest absolute Gasteiger partial charge is 0.308 e. The van der Waals surface area contributed by atoms with E-state index in [0.717, 1.165) is 44.8 Å². The highest BCUT2D eigenvalue weighted by atomic mass is 16.5. The maximum absolute atomic E-state index is 11.5. The summed E-state index contributed by atoms with van der Waals surface area (Å²) in [5, 5.41) is 0. The zero-order valence-electron chi connectivity index (χ0n) is 9.24. The van der Waals surface area contributed by atoms with E-state index >= 15 is 0 Å². The number of rotatable bonds is 6. The number of hydrogen-bond acceptors (Lipinski definition) is 3. The molecule has 0 heterocycles. The van der Waals surface area contributed by atoms with Crippen LogP contribution in [0.5, 0.6) is 0 Å². The van der Waals surface area contributed by atoms with E-state index in [1.54, 1.807) is 0 Å². The molecule has 0 aromatic carbocycles. The minimum atomic E-state index is -0.0270. The summed E-state index contributed by atoms with van der Waals surface area (Å²) in [6.07, 6.45) is 8.65. The van der Waals surface area contributed by atoms with Gasteiger partial charge in [-0.2, -0.15) is 0 Å². The summed E-state index contributed by atoms with van der Waals surface area (Å²) in [6, 6.07) is 0. The maximum atomic E-state index is 11.5. The summed E-state index contributed by atoms with van der Waals surface area (Å²) >= 11 is 0. The minimum absolute atomic E-state index is 0.0270. The van der Waals surface area contributed by atoms with Crippen LogP contribution in [0, 0.1) is 5.92 Å². The van der Waals surface area contributed by atoms with Crippen molar-refractivity contribution in [2.75, 3.05) is 6.61 Å². The zero-order valence-corrected chi connectivity index (χ0v) is 9.24. The van der Waals surface area contributed by atoms with E-state index in [1.165, 1.54) is 6.42 Å². The van der Waals surface area contributed by atoms with Gasteiger partial charge in [-0.05, 0) is 25.7 Å². The molecule has 1 rings (SSSR count). The summed E-state index contributed by atoms with van der Waals surface area (Å²) in [6.45, 7) is 0.475. The van der Waals surface area contributed by atoms with Gasteiger partial charge in [-0.1, -0.05) is 19.3 Å². The monoisotopic (exact) mass is 212 g/mol. The Kier molecular flexibility index (Phi) is 6.05. The molecule has 0 aliphatic heterocycles. The van der Waals surface area contributed by atoms with Crippen molar-refractivity contribution >= 4 is 12.3 Å². The average molecular weight is 212 g/mol. The Morgan fingerprint density at radius 2 is 1.93 bits per heavy atom. The first-order valence-electron chi connectivity index (χ1n) is 5.95. The van der Waals surface area contributed by atoms with E-state index in [2.05, 4.69) is 0 Å². The first-order valence-corrected chi connectivity index (χ1v) is 5.95. The molecule has 0 aromatic rings. The van der Waals surface area contributed by atoms with E-state index in [9.17, 15) is 9.59 Å². The molecule has 86 valence electrons. The second-order valence-corrected chi connectivity index (χ2v) is 4.16. The largest absolute Gasteiger partial charge is 0.465 e. The van der Waals surface area contributed by atoms with E-state index in [-0.39, 0.29) is 11.9 Å². The lowest BCUT2D eigenvalue weighted by Gasteiger charge is -2.19. The predicted octanol–water partition coefficient (Wildman–Crippen LogP) is 2.48. The second-order valence-electron chi connectivity index (χ2n) is 4.16. The molecule has 1 aliphatic rings. The molecule has 1 fully saturated rings. The Hall–Kier alpha value is -0.860. The Balaban J connectivity index is 2.04. The van der Waals surface area contributed by atoms with Gasteiger partial charge in [0.1, 0.15) is 6.29 Å². The third-order valence-corrected chi connectivity index (χ3v) is 2.90. The van der Waals surface area contributed by atoms with Gasteiger partial charge in [0, 0.05) is 6.42 Å². The van der Waals surface area contributed by atoms with Crippen molar-refractivity contribution in [3.63, 3.8) is 0 Å². The summed E-state index contributed by atoms with van der Waals surface area (Å²) in [5.41, 5.74) is 0. The van der Waals surface area contributed by atoms with Gasteiger partial charge < -0.3 is 9.53 Å². The quantitative estimate of drug-likeness (QED) is 0.386. The van der Waals surface area contributed by atoms with Gasteiger partial charge in [0.25, 0.3) is 0 Å². The number of carbonyl (C=O) groups is 2. The van der Waals surface area contributed by atoms with E-state index in [4.69, 9.17) is 4.74 Å². The van der Waals surface area contributed by atoms with E-state index in [0.29, 0.717) is 13.0 Å². The van der Waals surface area contributed by atoms with Crippen molar-refractivity contribution in [2.24, 2.45) is 5.92 Å². The number of ether oxygens (including phenoxy) is 1. The minimum Gasteiger partial charge on any atom is -0.465 e. The Morgan fingerprint density at radius 3 is 2.60 bits per heavy atom. The van der Waals surface area contributed by atoms with Gasteiger partial charge in [-0.3, -0.25) is 4.79 Å². The van der Waals surface area contributed by atoms with Crippen LogP contribution in [0.3, 0.4) is 0 Å². The summed E-state index contributed by atoms with van der Waals surface area (Å²) < 4.78 is 5.17. The van der Waals surface area contributed by atoms with Gasteiger partial charge in [-0.25, -0.2) is 0 Å². The normalized spacial score (nSPS) is 17.3. The first kappa shape index (κ1) is 12.2. The maximum Gasteiger partial charge on any atom is 0.308 e. The second kappa shape index (κ2) is 7.43. The fraction of sp³-hybridized carbons (Fsp3) is 0.833. The molecule has 0 aromatic heterocycles. The molecule has 0 bridgehead atoms. The molecule has 0 N–H and O–H groups in total. The van der Waals surface area contributed by atoms with Crippen molar-refractivity contribution in [2.45, 2.75) is 51.4 Å². The van der Waals surface area contributed by atoms with Crippen molar-refractivity contribution in [1.82, 2.24) is 0 Å². The van der Waals surface area contributed by atoms with Crippen molar-refractivity contribution in [3.8, 4) is 0 Å². The predicted molar refractivity (Wildman–Crippen MR) is 57.4 cm³/mol. The molecule has 0 radical (unpaired) electrons. The zero-order chi connectivity index (χ0) is 10.9. The topological polar surface area (TPSA) is 43.4 Å². The fourth-order valence-electron chi connectivity index (χ4n) is 1.96. The molecular formula is C12H20O3. The van der Waals surface area contributed by atoms with Crippen LogP contribution in [-0.2, 0) is 14.3 Å². The van der Waals surface area contributed by atoms with Crippen LogP contribution in [0.15, 0.2) is 0 Å².